The van der Waals surface area contributed by atoms with Gasteiger partial charge in [-0.25, -0.2) is 13.5 Å². The summed E-state index contributed by atoms with van der Waals surface area (Å²) < 4.78 is 56.0. The molecular formula is C28H41N7O4SSi. The number of hydrogen-bond donors (Lipinski definition) is 3. The number of rotatable bonds is 8. The van der Waals surface area contributed by atoms with Gasteiger partial charge in [0.2, 0.25) is 11.8 Å². The first-order valence-electron chi connectivity index (χ1n) is 15.1. The Morgan fingerprint density at radius 3 is 2.71 bits per heavy atom. The fraction of sp³-hybridized carbons (Fsp3) is 0.500. The maximum absolute atomic E-state index is 13.7. The lowest BCUT2D eigenvalue weighted by atomic mass is 10.1. The summed E-state index contributed by atoms with van der Waals surface area (Å²) in [4.78, 5) is 17.2. The Hall–Kier alpha value is -3.29. The van der Waals surface area contributed by atoms with E-state index in [0.29, 0.717) is 53.1 Å². The second kappa shape index (κ2) is 10.5. The molecule has 5 rings (SSSR count). The maximum Gasteiger partial charge on any atom is 0.230 e. The van der Waals surface area contributed by atoms with Crippen molar-refractivity contribution >= 4 is 29.7 Å². The number of methoxy groups -OCH3 is 1. The Kier molecular flexibility index (Phi) is 6.52. The number of para-hydroxylation sites is 1. The number of fused-ring (bicyclic) bond motifs is 1. The van der Waals surface area contributed by atoms with Crippen LogP contribution in [0.5, 0.6) is 5.75 Å². The quantitative estimate of drug-likeness (QED) is 0.370. The summed E-state index contributed by atoms with van der Waals surface area (Å²) in [5.74, 6) is 1.28. The number of carbonyl (C=O) groups excluding carboxylic acids is 1. The fourth-order valence-corrected chi connectivity index (χ4v) is 10.0. The van der Waals surface area contributed by atoms with Crippen molar-refractivity contribution in [2.75, 3.05) is 25.7 Å². The third kappa shape index (κ3) is 6.02. The summed E-state index contributed by atoms with van der Waals surface area (Å²) in [7, 11) is -3.24. The standard InChI is InChI=1S/C28H41N7O4SSi/c1-28(2,3)41(7,8)33-40(6,37)35-16-22-23(17-35)39-27(31-22)20-10-9-11-21(25(20)38-5)30-19-14-24(34(4)29-15-19)32-26(36)18-12-13-18/h9-11,14-15,18,29-30H,12-13,16-17H2,1-8H3,(H,32,36)/t40-/m0/s1/i4D3. The van der Waals surface area contributed by atoms with Crippen molar-refractivity contribution in [2.45, 2.75) is 64.8 Å². The van der Waals surface area contributed by atoms with Crippen LogP contribution in [-0.4, -0.2) is 53.0 Å². The highest BCUT2D eigenvalue weighted by Crippen LogP contribution is 2.41. The number of allylic oxidation sites excluding steroid dienone is 1. The number of ether oxygens (including phenoxy) is 1. The first-order valence-corrected chi connectivity index (χ1v) is 18.4. The monoisotopic (exact) mass is 602 g/mol. The molecule has 222 valence electrons. The summed E-state index contributed by atoms with van der Waals surface area (Å²) in [5, 5.41) is 6.90. The molecule has 0 bridgehead atoms. The molecule has 0 spiro atoms. The van der Waals surface area contributed by atoms with E-state index in [1.54, 1.807) is 12.3 Å². The number of aromatic nitrogens is 1. The van der Waals surface area contributed by atoms with E-state index in [0.717, 1.165) is 17.9 Å². The van der Waals surface area contributed by atoms with Crippen LogP contribution in [0.15, 0.2) is 50.4 Å². The molecular weight excluding hydrogens is 559 g/mol. The summed E-state index contributed by atoms with van der Waals surface area (Å²) >= 11 is 0. The maximum atomic E-state index is 13.7. The van der Waals surface area contributed by atoms with Crippen molar-refractivity contribution in [1.82, 2.24) is 25.0 Å². The van der Waals surface area contributed by atoms with Crippen LogP contribution in [0, 0.1) is 5.92 Å². The first-order chi connectivity index (χ1) is 20.4. The average molecular weight is 603 g/mol. The summed E-state index contributed by atoms with van der Waals surface area (Å²) in [6.07, 6.45) is 6.33. The zero-order valence-electron chi connectivity index (χ0n) is 27.6. The van der Waals surface area contributed by atoms with E-state index in [1.807, 2.05) is 22.5 Å². The Morgan fingerprint density at radius 2 is 2.07 bits per heavy atom. The van der Waals surface area contributed by atoms with Crippen molar-refractivity contribution in [1.29, 1.82) is 0 Å². The fourth-order valence-electron chi connectivity index (χ4n) is 4.36. The van der Waals surface area contributed by atoms with Gasteiger partial charge in [-0.15, -0.1) is 0 Å². The molecule has 1 fully saturated rings. The molecule has 1 amide bonds. The zero-order valence-corrected chi connectivity index (χ0v) is 26.4. The van der Waals surface area contributed by atoms with E-state index in [2.05, 4.69) is 49.9 Å². The Balaban J connectivity index is 1.37. The van der Waals surface area contributed by atoms with Gasteiger partial charge in [0.05, 0.1) is 52.8 Å². The molecule has 2 aromatic rings. The van der Waals surface area contributed by atoms with Gasteiger partial charge in [-0.05, 0) is 43.1 Å². The highest BCUT2D eigenvalue weighted by Gasteiger charge is 2.39. The summed E-state index contributed by atoms with van der Waals surface area (Å²) in [5.41, 5.74) is 5.15. The van der Waals surface area contributed by atoms with Gasteiger partial charge in [0.1, 0.15) is 11.6 Å². The predicted molar refractivity (Wildman–Crippen MR) is 163 cm³/mol. The molecule has 0 saturated heterocycles. The van der Waals surface area contributed by atoms with Crippen LogP contribution >= 0.6 is 0 Å². The van der Waals surface area contributed by atoms with E-state index in [4.69, 9.17) is 22.3 Å². The summed E-state index contributed by atoms with van der Waals surface area (Å²) in [6.45, 7) is 8.89. The molecule has 1 atom stereocenters. The minimum atomic E-state index is -2.63. The second-order valence-corrected chi connectivity index (χ2v) is 19.6. The molecule has 1 saturated carbocycles. The van der Waals surface area contributed by atoms with E-state index in [1.165, 1.54) is 13.3 Å². The van der Waals surface area contributed by atoms with Crippen LogP contribution in [0.2, 0.25) is 18.1 Å². The predicted octanol–water partition coefficient (Wildman–Crippen LogP) is 4.75. The zero-order chi connectivity index (χ0) is 32.2. The average Bonchev–Trinajstić information content (AvgIpc) is 3.56. The molecule has 11 nitrogen and oxygen atoms in total. The van der Waals surface area contributed by atoms with Gasteiger partial charge in [0.25, 0.3) is 0 Å². The minimum absolute atomic E-state index is 0.0283. The van der Waals surface area contributed by atoms with Crippen molar-refractivity contribution in [3.8, 4) is 17.2 Å². The normalized spacial score (nSPS) is 20.4. The van der Waals surface area contributed by atoms with Crippen molar-refractivity contribution in [3.63, 3.8) is 0 Å². The molecule has 13 heteroatoms. The van der Waals surface area contributed by atoms with E-state index in [9.17, 15) is 9.00 Å². The molecule has 0 unspecified atom stereocenters. The number of amides is 1. The largest absolute Gasteiger partial charge is 0.494 e. The number of hydrogen-bond acceptors (Lipinski definition) is 9. The molecule has 0 radical (unpaired) electrons. The SMILES string of the molecule is [2H]C([2H])([2H])N1NC=C(Nc2cccc(-c3nc4c(o3)CN([S@@](C)(=O)=N[Si](C)(C)C(C)(C)C)C4)c2OC)C=C1NC(=O)C1CC1. The highest BCUT2D eigenvalue weighted by atomic mass is 32.2. The van der Waals surface area contributed by atoms with Gasteiger partial charge in [-0.3, -0.25) is 13.8 Å². The highest BCUT2D eigenvalue weighted by molar-refractivity contribution is 7.91. The molecule has 1 aromatic carbocycles. The van der Waals surface area contributed by atoms with Crippen LogP contribution in [-0.2, 0) is 27.8 Å². The van der Waals surface area contributed by atoms with E-state index >= 15 is 0 Å². The third-order valence-corrected chi connectivity index (χ3v) is 16.0. The number of oxazole rings is 1. The van der Waals surface area contributed by atoms with Gasteiger partial charge < -0.3 is 25.2 Å². The molecule has 3 aliphatic rings. The third-order valence-electron chi connectivity index (χ3n) is 7.95. The van der Waals surface area contributed by atoms with Crippen LogP contribution in [0.4, 0.5) is 5.69 Å². The number of hydrazine groups is 1. The first kappa shape index (κ1) is 25.4. The minimum Gasteiger partial charge on any atom is -0.494 e. The van der Waals surface area contributed by atoms with Gasteiger partial charge in [0.15, 0.2) is 14.0 Å². The van der Waals surface area contributed by atoms with Crippen molar-refractivity contribution in [2.24, 2.45) is 9.95 Å². The van der Waals surface area contributed by atoms with Crippen LogP contribution in [0.1, 0.15) is 49.2 Å². The van der Waals surface area contributed by atoms with Crippen LogP contribution in [0.25, 0.3) is 11.5 Å². The number of nitrogens with zero attached hydrogens (tertiary/aromatic N) is 4. The number of carbonyl (C=O) groups is 1. The Labute approximate surface area is 248 Å². The van der Waals surface area contributed by atoms with Gasteiger partial charge in [-0.2, -0.15) is 0 Å². The van der Waals surface area contributed by atoms with Crippen molar-refractivity contribution in [3.05, 3.63) is 53.4 Å². The molecule has 2 aliphatic heterocycles. The molecule has 3 heterocycles. The van der Waals surface area contributed by atoms with Crippen molar-refractivity contribution < 1.29 is 22.3 Å². The Morgan fingerprint density at radius 1 is 1.32 bits per heavy atom. The smallest absolute Gasteiger partial charge is 0.230 e. The second-order valence-electron chi connectivity index (χ2n) is 12.2. The number of anilines is 1. The van der Waals surface area contributed by atoms with Gasteiger partial charge >= 0.3 is 0 Å². The lowest BCUT2D eigenvalue weighted by molar-refractivity contribution is -0.122. The van der Waals surface area contributed by atoms with E-state index < -0.39 is 25.1 Å². The Bertz CT molecular complexity index is 1630. The van der Waals surface area contributed by atoms with Gasteiger partial charge in [-0.1, -0.05) is 26.8 Å². The molecule has 3 N–H and O–H groups in total. The topological polar surface area (TPSA) is 124 Å². The number of benzene rings is 1. The lowest BCUT2D eigenvalue weighted by Crippen LogP contribution is -2.41. The van der Waals surface area contributed by atoms with Crippen LogP contribution in [0.3, 0.4) is 0 Å². The number of nitrogens with one attached hydrogen (secondary N) is 3. The van der Waals surface area contributed by atoms with Gasteiger partial charge in [0, 0.05) is 35.5 Å². The van der Waals surface area contributed by atoms with Crippen LogP contribution < -0.4 is 20.8 Å². The lowest BCUT2D eigenvalue weighted by Gasteiger charge is -2.34. The molecule has 1 aromatic heterocycles. The molecule has 1 aliphatic carbocycles. The molecule has 41 heavy (non-hydrogen) atoms. The van der Waals surface area contributed by atoms with E-state index in [-0.39, 0.29) is 22.7 Å². The summed E-state index contributed by atoms with van der Waals surface area (Å²) in [6, 6.07) is 5.46.